The molecule has 1 aliphatic rings. The zero-order valence-corrected chi connectivity index (χ0v) is 12.7. The van der Waals surface area contributed by atoms with Crippen LogP contribution >= 0.6 is 0 Å². The van der Waals surface area contributed by atoms with Crippen LogP contribution in [-0.4, -0.2) is 35.8 Å². The number of ketones is 1. The molecular formula is C14H19FN2O5. The number of halogens is 1. The van der Waals surface area contributed by atoms with Crippen LogP contribution in [0.25, 0.3) is 0 Å². The standard InChI is InChI=1S/C14H19FN2O5/c1-14(2,3)22-13(21)16-6-4-5-10(18)8-7-9(15)12(20)17-11(8)19/h7-8H,4-6H2,1-3H3,(H,16,21)(H,17,19,20). The molecule has 0 aromatic rings. The maximum Gasteiger partial charge on any atom is 0.407 e. The Kier molecular flexibility index (Phi) is 5.78. The highest BCUT2D eigenvalue weighted by Crippen LogP contribution is 2.15. The molecular weight excluding hydrogens is 295 g/mol. The van der Waals surface area contributed by atoms with E-state index in [1.54, 1.807) is 26.1 Å². The van der Waals surface area contributed by atoms with E-state index in [1.807, 2.05) is 0 Å². The normalized spacial score (nSPS) is 18.4. The van der Waals surface area contributed by atoms with Gasteiger partial charge in [-0.05, 0) is 33.3 Å². The minimum absolute atomic E-state index is 0.0359. The van der Waals surface area contributed by atoms with E-state index >= 15 is 0 Å². The van der Waals surface area contributed by atoms with Crippen molar-refractivity contribution in [3.05, 3.63) is 11.9 Å². The molecule has 1 unspecified atom stereocenters. The summed E-state index contributed by atoms with van der Waals surface area (Å²) >= 11 is 0. The van der Waals surface area contributed by atoms with Crippen LogP contribution < -0.4 is 10.6 Å². The van der Waals surface area contributed by atoms with Gasteiger partial charge in [0.25, 0.3) is 5.91 Å². The summed E-state index contributed by atoms with van der Waals surface area (Å²) in [6.07, 6.45) is 0.342. The average molecular weight is 314 g/mol. The molecule has 7 nitrogen and oxygen atoms in total. The van der Waals surface area contributed by atoms with E-state index in [0.717, 1.165) is 0 Å². The molecule has 0 fully saturated rings. The molecule has 1 heterocycles. The van der Waals surface area contributed by atoms with E-state index < -0.39 is 41.0 Å². The van der Waals surface area contributed by atoms with Crippen molar-refractivity contribution >= 4 is 23.7 Å². The number of amides is 3. The van der Waals surface area contributed by atoms with Crippen molar-refractivity contribution < 1.29 is 28.3 Å². The van der Waals surface area contributed by atoms with Crippen LogP contribution in [0, 0.1) is 5.92 Å². The summed E-state index contributed by atoms with van der Waals surface area (Å²) in [7, 11) is 0. The first-order chi connectivity index (χ1) is 10.1. The Bertz CT molecular complexity index is 522. The highest BCUT2D eigenvalue weighted by molar-refractivity contribution is 6.14. The first-order valence-corrected chi connectivity index (χ1v) is 6.82. The number of carbonyl (C=O) groups is 4. The van der Waals surface area contributed by atoms with Gasteiger partial charge in [0.2, 0.25) is 5.91 Å². The molecule has 0 aliphatic carbocycles. The predicted octanol–water partition coefficient (Wildman–Crippen LogP) is 0.986. The second kappa shape index (κ2) is 7.15. The summed E-state index contributed by atoms with van der Waals surface area (Å²) < 4.78 is 18.1. The van der Waals surface area contributed by atoms with Crippen molar-refractivity contribution in [3.63, 3.8) is 0 Å². The second-order valence-electron chi connectivity index (χ2n) is 5.81. The molecule has 2 N–H and O–H groups in total. The molecule has 1 rings (SSSR count). The van der Waals surface area contributed by atoms with Crippen molar-refractivity contribution in [2.24, 2.45) is 5.92 Å². The van der Waals surface area contributed by atoms with Gasteiger partial charge in [-0.2, -0.15) is 0 Å². The molecule has 3 amide bonds. The molecule has 0 saturated heterocycles. The quantitative estimate of drug-likeness (QED) is 0.447. The lowest BCUT2D eigenvalue weighted by molar-refractivity contribution is -0.136. The molecule has 0 aromatic carbocycles. The molecule has 8 heteroatoms. The number of carbonyl (C=O) groups excluding carboxylic acids is 4. The van der Waals surface area contributed by atoms with Gasteiger partial charge in [-0.15, -0.1) is 0 Å². The molecule has 0 spiro atoms. The zero-order chi connectivity index (χ0) is 16.9. The van der Waals surface area contributed by atoms with Crippen molar-refractivity contribution in [1.82, 2.24) is 10.6 Å². The Morgan fingerprint density at radius 1 is 1.36 bits per heavy atom. The number of Topliss-reactive ketones (excluding diaryl/α,β-unsaturated/α-hetero) is 1. The van der Waals surface area contributed by atoms with E-state index in [9.17, 15) is 23.6 Å². The van der Waals surface area contributed by atoms with E-state index in [0.29, 0.717) is 6.08 Å². The maximum atomic E-state index is 13.1. The fourth-order valence-electron chi connectivity index (χ4n) is 1.71. The summed E-state index contributed by atoms with van der Waals surface area (Å²) in [5, 5.41) is 4.23. The lowest BCUT2D eigenvalue weighted by Crippen LogP contribution is -2.42. The molecule has 1 atom stereocenters. The Hall–Kier alpha value is -2.25. The third-order valence-electron chi connectivity index (χ3n) is 2.66. The van der Waals surface area contributed by atoms with Gasteiger partial charge < -0.3 is 10.1 Å². The zero-order valence-electron chi connectivity index (χ0n) is 12.7. The third-order valence-corrected chi connectivity index (χ3v) is 2.66. The summed E-state index contributed by atoms with van der Waals surface area (Å²) in [5.74, 6) is -4.95. The van der Waals surface area contributed by atoms with Crippen LogP contribution in [-0.2, 0) is 19.1 Å². The van der Waals surface area contributed by atoms with Gasteiger partial charge in [-0.25, -0.2) is 9.18 Å². The molecule has 0 radical (unpaired) electrons. The van der Waals surface area contributed by atoms with Crippen LogP contribution in [0.15, 0.2) is 11.9 Å². The Morgan fingerprint density at radius 2 is 2.00 bits per heavy atom. The van der Waals surface area contributed by atoms with E-state index in [4.69, 9.17) is 4.74 Å². The number of imide groups is 1. The third kappa shape index (κ3) is 5.63. The number of ether oxygens (including phenoxy) is 1. The van der Waals surface area contributed by atoms with Gasteiger partial charge in [0.1, 0.15) is 17.3 Å². The summed E-state index contributed by atoms with van der Waals surface area (Å²) in [4.78, 5) is 45.5. The van der Waals surface area contributed by atoms with Gasteiger partial charge in [0, 0.05) is 13.0 Å². The van der Waals surface area contributed by atoms with Gasteiger partial charge in [-0.3, -0.25) is 19.7 Å². The first kappa shape index (κ1) is 17.8. The van der Waals surface area contributed by atoms with Gasteiger partial charge in [-0.1, -0.05) is 0 Å². The largest absolute Gasteiger partial charge is 0.444 e. The van der Waals surface area contributed by atoms with Crippen LogP contribution in [0.5, 0.6) is 0 Å². The van der Waals surface area contributed by atoms with Gasteiger partial charge in [0.15, 0.2) is 5.83 Å². The van der Waals surface area contributed by atoms with Crippen LogP contribution in [0.3, 0.4) is 0 Å². The van der Waals surface area contributed by atoms with Crippen molar-refractivity contribution in [3.8, 4) is 0 Å². The van der Waals surface area contributed by atoms with Gasteiger partial charge >= 0.3 is 6.09 Å². The van der Waals surface area contributed by atoms with E-state index in [1.165, 1.54) is 0 Å². The van der Waals surface area contributed by atoms with Crippen molar-refractivity contribution in [2.75, 3.05) is 6.54 Å². The Labute approximate surface area is 127 Å². The van der Waals surface area contributed by atoms with Crippen LogP contribution in [0.2, 0.25) is 0 Å². The predicted molar refractivity (Wildman–Crippen MR) is 74.3 cm³/mol. The molecule has 0 bridgehead atoms. The summed E-state index contributed by atoms with van der Waals surface area (Å²) in [6.45, 7) is 5.35. The number of hydrogen-bond acceptors (Lipinski definition) is 5. The van der Waals surface area contributed by atoms with E-state index in [-0.39, 0.29) is 19.4 Å². The topological polar surface area (TPSA) is 102 Å². The highest BCUT2D eigenvalue weighted by atomic mass is 19.1. The minimum atomic E-state index is -1.31. The molecule has 0 saturated carbocycles. The lowest BCUT2D eigenvalue weighted by atomic mass is 9.96. The first-order valence-electron chi connectivity index (χ1n) is 6.82. The Morgan fingerprint density at radius 3 is 2.59 bits per heavy atom. The second-order valence-corrected chi connectivity index (χ2v) is 5.81. The highest BCUT2D eigenvalue weighted by Gasteiger charge is 2.32. The van der Waals surface area contributed by atoms with Crippen molar-refractivity contribution in [1.29, 1.82) is 0 Å². The van der Waals surface area contributed by atoms with E-state index in [2.05, 4.69) is 5.32 Å². The molecule has 0 aromatic heterocycles. The fourth-order valence-corrected chi connectivity index (χ4v) is 1.71. The van der Waals surface area contributed by atoms with Crippen LogP contribution in [0.4, 0.5) is 9.18 Å². The minimum Gasteiger partial charge on any atom is -0.444 e. The molecule has 1 aliphatic heterocycles. The smallest absolute Gasteiger partial charge is 0.407 e. The number of hydrogen-bond donors (Lipinski definition) is 2. The summed E-state index contributed by atoms with van der Waals surface area (Å²) in [5.41, 5.74) is -0.616. The molecule has 22 heavy (non-hydrogen) atoms. The number of rotatable bonds is 5. The monoisotopic (exact) mass is 314 g/mol. The lowest BCUT2D eigenvalue weighted by Gasteiger charge is -2.19. The maximum absolute atomic E-state index is 13.1. The molecule has 122 valence electrons. The fraction of sp³-hybridized carbons (Fsp3) is 0.571. The Balaban J connectivity index is 2.37. The number of nitrogens with one attached hydrogen (secondary N) is 2. The summed E-state index contributed by atoms with van der Waals surface area (Å²) in [6, 6.07) is 0. The number of alkyl carbamates (subject to hydrolysis) is 1. The van der Waals surface area contributed by atoms with Crippen LogP contribution in [0.1, 0.15) is 33.6 Å². The van der Waals surface area contributed by atoms with Gasteiger partial charge in [0.05, 0.1) is 0 Å². The average Bonchev–Trinajstić information content (AvgIpc) is 2.36. The SMILES string of the molecule is CC(C)(C)OC(=O)NCCCC(=O)C1C=C(F)C(=O)NC1=O. The van der Waals surface area contributed by atoms with Crippen molar-refractivity contribution in [2.45, 2.75) is 39.2 Å².